The van der Waals surface area contributed by atoms with E-state index in [0.29, 0.717) is 11.1 Å². The first-order valence-electron chi connectivity index (χ1n) is 18.4. The Balaban J connectivity index is 1.16. The van der Waals surface area contributed by atoms with Crippen molar-refractivity contribution in [3.8, 4) is 62.3 Å². The molecule has 0 spiro atoms. The third-order valence-corrected chi connectivity index (χ3v) is 10.9. The molecule has 0 saturated carbocycles. The van der Waals surface area contributed by atoms with Crippen molar-refractivity contribution in [2.24, 2.45) is 0 Å². The van der Waals surface area contributed by atoms with E-state index in [0.717, 1.165) is 55.3 Å². The van der Waals surface area contributed by atoms with Crippen LogP contribution in [-0.4, -0.2) is 4.57 Å². The molecule has 3 nitrogen and oxygen atoms in total. The molecule has 0 atom stereocenters. The lowest BCUT2D eigenvalue weighted by Crippen LogP contribution is -1.98. The van der Waals surface area contributed by atoms with Crippen LogP contribution >= 0.6 is 0 Å². The highest BCUT2D eigenvalue weighted by atomic mass is 15.0. The lowest BCUT2D eigenvalue weighted by molar-refractivity contribution is 1.17. The molecule has 10 aromatic rings. The van der Waals surface area contributed by atoms with Crippen LogP contribution in [0, 0.1) is 22.7 Å². The Morgan fingerprint density at radius 1 is 0.345 bits per heavy atom. The molecule has 10 rings (SSSR count). The average Bonchev–Trinajstić information content (AvgIpc) is 3.59. The number of para-hydroxylation sites is 1. The second kappa shape index (κ2) is 13.0. The predicted octanol–water partition coefficient (Wildman–Crippen LogP) is 13.5. The van der Waals surface area contributed by atoms with Gasteiger partial charge >= 0.3 is 0 Å². The minimum Gasteiger partial charge on any atom is -0.308 e. The highest BCUT2D eigenvalue weighted by Gasteiger charge is 2.19. The van der Waals surface area contributed by atoms with Gasteiger partial charge in [0, 0.05) is 10.8 Å². The minimum atomic E-state index is 0.577. The van der Waals surface area contributed by atoms with Crippen molar-refractivity contribution in [2.45, 2.75) is 0 Å². The topological polar surface area (TPSA) is 52.5 Å². The zero-order valence-electron chi connectivity index (χ0n) is 29.7. The molecule has 0 aliphatic carbocycles. The Bertz CT molecular complexity index is 3170. The van der Waals surface area contributed by atoms with Gasteiger partial charge in [0.2, 0.25) is 0 Å². The van der Waals surface area contributed by atoms with Gasteiger partial charge in [-0.1, -0.05) is 146 Å². The number of hydrogen-bond donors (Lipinski definition) is 0. The van der Waals surface area contributed by atoms with Crippen molar-refractivity contribution in [1.82, 2.24) is 4.57 Å². The number of nitrogens with zero attached hydrogens (tertiary/aromatic N) is 3. The summed E-state index contributed by atoms with van der Waals surface area (Å²) in [5, 5.41) is 27.0. The van der Waals surface area contributed by atoms with E-state index in [1.54, 1.807) is 0 Å². The second-order valence-corrected chi connectivity index (χ2v) is 13.9. The summed E-state index contributed by atoms with van der Waals surface area (Å²) in [5.74, 6) is 0. The fourth-order valence-electron chi connectivity index (χ4n) is 8.46. The normalized spacial score (nSPS) is 11.2. The van der Waals surface area contributed by atoms with Crippen LogP contribution in [0.4, 0.5) is 0 Å². The van der Waals surface area contributed by atoms with E-state index in [1.165, 1.54) is 38.2 Å². The molecule has 0 aliphatic rings. The molecule has 0 unspecified atom stereocenters. The Hall–Kier alpha value is -7.72. The van der Waals surface area contributed by atoms with Crippen molar-refractivity contribution in [3.05, 3.63) is 199 Å². The van der Waals surface area contributed by atoms with E-state index in [1.807, 2.05) is 36.4 Å². The quantitative estimate of drug-likeness (QED) is 0.168. The van der Waals surface area contributed by atoms with Crippen LogP contribution in [0.15, 0.2) is 188 Å². The molecule has 0 amide bonds. The Kier molecular flexibility index (Phi) is 7.58. The van der Waals surface area contributed by atoms with Gasteiger partial charge in [0.15, 0.2) is 0 Å². The molecule has 55 heavy (non-hydrogen) atoms. The SMILES string of the molecule is N#Cc1ccc2c(c1)c1ccccc1n2-c1cc(-c2ccccc2-c2cccc(-c3c4ccccc4c(-c4ccccc4)c4ccccc34)c2)ccc1C#N. The van der Waals surface area contributed by atoms with Crippen LogP contribution in [0.3, 0.4) is 0 Å². The molecule has 0 saturated heterocycles. The minimum absolute atomic E-state index is 0.577. The third-order valence-electron chi connectivity index (χ3n) is 10.9. The molecule has 0 fully saturated rings. The molecule has 3 heteroatoms. The first-order chi connectivity index (χ1) is 27.2. The van der Waals surface area contributed by atoms with Gasteiger partial charge in [-0.05, 0) is 109 Å². The van der Waals surface area contributed by atoms with E-state index in [-0.39, 0.29) is 0 Å². The summed E-state index contributed by atoms with van der Waals surface area (Å²) < 4.78 is 2.16. The summed E-state index contributed by atoms with van der Waals surface area (Å²) in [5.41, 5.74) is 13.1. The first-order valence-corrected chi connectivity index (χ1v) is 18.4. The summed E-state index contributed by atoms with van der Waals surface area (Å²) in [6.45, 7) is 0. The van der Waals surface area contributed by atoms with Gasteiger partial charge in [-0.25, -0.2) is 0 Å². The van der Waals surface area contributed by atoms with Gasteiger partial charge in [0.05, 0.1) is 33.9 Å². The van der Waals surface area contributed by atoms with Gasteiger partial charge in [-0.3, -0.25) is 0 Å². The molecule has 1 heterocycles. The number of rotatable bonds is 5. The Morgan fingerprint density at radius 2 is 0.873 bits per heavy atom. The summed E-state index contributed by atoms with van der Waals surface area (Å²) in [6.07, 6.45) is 0. The number of benzene rings is 9. The lowest BCUT2D eigenvalue weighted by Gasteiger charge is -2.18. The summed E-state index contributed by atoms with van der Waals surface area (Å²) >= 11 is 0. The smallest absolute Gasteiger partial charge is 0.101 e. The average molecular weight is 698 g/mol. The number of fused-ring (bicyclic) bond motifs is 5. The Morgan fingerprint density at radius 3 is 1.53 bits per heavy atom. The molecule has 0 N–H and O–H groups in total. The van der Waals surface area contributed by atoms with Gasteiger partial charge in [-0.15, -0.1) is 0 Å². The van der Waals surface area contributed by atoms with Crippen LogP contribution in [0.5, 0.6) is 0 Å². The second-order valence-electron chi connectivity index (χ2n) is 13.9. The predicted molar refractivity (Wildman–Crippen MR) is 227 cm³/mol. The van der Waals surface area contributed by atoms with E-state index in [2.05, 4.69) is 168 Å². The van der Waals surface area contributed by atoms with Gasteiger partial charge < -0.3 is 4.57 Å². The number of aromatic nitrogens is 1. The van der Waals surface area contributed by atoms with Crippen molar-refractivity contribution in [3.63, 3.8) is 0 Å². The third kappa shape index (κ3) is 5.19. The van der Waals surface area contributed by atoms with Crippen LogP contribution < -0.4 is 0 Å². The highest BCUT2D eigenvalue weighted by molar-refractivity contribution is 6.21. The monoisotopic (exact) mass is 697 g/mol. The summed E-state index contributed by atoms with van der Waals surface area (Å²) in [4.78, 5) is 0. The largest absolute Gasteiger partial charge is 0.308 e. The van der Waals surface area contributed by atoms with Crippen LogP contribution in [0.25, 0.3) is 93.5 Å². The highest BCUT2D eigenvalue weighted by Crippen LogP contribution is 2.45. The standard InChI is InChI=1S/C52H31N3/c53-32-34-25-28-49-47(29-34)42-19-10-11-24-48(42)55(49)50-31-37(26-27-39(50)33-54)41-18-5-4-17-40(41)36-15-12-16-38(30-36)52-45-22-8-6-20-43(45)51(35-13-2-1-3-14-35)44-21-7-9-23-46(44)52/h1-31H. The van der Waals surface area contributed by atoms with Crippen molar-refractivity contribution < 1.29 is 0 Å². The van der Waals surface area contributed by atoms with E-state index in [4.69, 9.17) is 0 Å². The molecule has 0 aliphatic heterocycles. The van der Waals surface area contributed by atoms with Crippen molar-refractivity contribution in [2.75, 3.05) is 0 Å². The van der Waals surface area contributed by atoms with E-state index >= 15 is 0 Å². The maximum Gasteiger partial charge on any atom is 0.101 e. The maximum absolute atomic E-state index is 10.4. The molecule has 1 aromatic heterocycles. The Labute approximate surface area is 318 Å². The zero-order chi connectivity index (χ0) is 36.9. The summed E-state index contributed by atoms with van der Waals surface area (Å²) in [7, 11) is 0. The molecule has 9 aromatic carbocycles. The van der Waals surface area contributed by atoms with Gasteiger partial charge in [0.25, 0.3) is 0 Å². The van der Waals surface area contributed by atoms with Gasteiger partial charge in [-0.2, -0.15) is 10.5 Å². The number of nitriles is 2. The molecule has 0 radical (unpaired) electrons. The van der Waals surface area contributed by atoms with Crippen molar-refractivity contribution in [1.29, 1.82) is 10.5 Å². The van der Waals surface area contributed by atoms with Crippen molar-refractivity contribution >= 4 is 43.4 Å². The molecular weight excluding hydrogens is 667 g/mol. The van der Waals surface area contributed by atoms with E-state index in [9.17, 15) is 10.5 Å². The molecule has 254 valence electrons. The van der Waals surface area contributed by atoms with Gasteiger partial charge in [0.1, 0.15) is 6.07 Å². The number of hydrogen-bond acceptors (Lipinski definition) is 2. The van der Waals surface area contributed by atoms with Crippen LogP contribution in [0.1, 0.15) is 11.1 Å². The summed E-state index contributed by atoms with van der Waals surface area (Å²) in [6, 6.07) is 70.4. The molecular formula is C52H31N3. The first kappa shape index (κ1) is 32.0. The zero-order valence-corrected chi connectivity index (χ0v) is 29.7. The fraction of sp³-hybridized carbons (Fsp3) is 0. The van der Waals surface area contributed by atoms with E-state index < -0.39 is 0 Å². The fourth-order valence-corrected chi connectivity index (χ4v) is 8.46. The molecule has 0 bridgehead atoms. The lowest BCUT2D eigenvalue weighted by atomic mass is 9.85. The van der Waals surface area contributed by atoms with Crippen LogP contribution in [-0.2, 0) is 0 Å². The van der Waals surface area contributed by atoms with Crippen LogP contribution in [0.2, 0.25) is 0 Å². The maximum atomic E-state index is 10.4.